The van der Waals surface area contributed by atoms with Crippen molar-refractivity contribution in [2.75, 3.05) is 6.61 Å². The fourth-order valence-electron chi connectivity index (χ4n) is 2.96. The first-order chi connectivity index (χ1) is 11.2. The van der Waals surface area contributed by atoms with Gasteiger partial charge in [0.25, 0.3) is 0 Å². The number of hydrogen-bond acceptors (Lipinski definition) is 4. The van der Waals surface area contributed by atoms with E-state index < -0.39 is 0 Å². The Balaban J connectivity index is 1.92. The van der Waals surface area contributed by atoms with E-state index in [0.717, 1.165) is 36.9 Å². The summed E-state index contributed by atoms with van der Waals surface area (Å²) in [4.78, 5) is 16.4. The molecule has 1 aliphatic carbocycles. The van der Waals surface area contributed by atoms with Crippen molar-refractivity contribution in [2.24, 2.45) is 0 Å². The van der Waals surface area contributed by atoms with Crippen LogP contribution >= 0.6 is 11.8 Å². The van der Waals surface area contributed by atoms with Crippen LogP contribution in [0.1, 0.15) is 29.7 Å². The number of benzene rings is 1. The lowest BCUT2D eigenvalue weighted by Crippen LogP contribution is -2.31. The van der Waals surface area contributed by atoms with Crippen LogP contribution in [0.3, 0.4) is 0 Å². The highest BCUT2D eigenvalue weighted by Gasteiger charge is 2.20. The van der Waals surface area contributed by atoms with E-state index in [2.05, 4.69) is 4.98 Å². The molecule has 4 nitrogen and oxygen atoms in total. The van der Waals surface area contributed by atoms with E-state index in [1.54, 1.807) is 22.8 Å². The molecule has 3 rings (SSSR count). The van der Waals surface area contributed by atoms with Crippen LogP contribution in [-0.2, 0) is 25.1 Å². The maximum atomic E-state index is 13.7. The summed E-state index contributed by atoms with van der Waals surface area (Å²) in [5.41, 5.74) is 2.37. The van der Waals surface area contributed by atoms with E-state index in [9.17, 15) is 9.18 Å². The minimum absolute atomic E-state index is 0.0737. The summed E-state index contributed by atoms with van der Waals surface area (Å²) in [6, 6.07) is 6.67. The number of aliphatic hydroxyl groups excluding tert-OH is 1. The number of fused-ring (bicyclic) bond motifs is 1. The van der Waals surface area contributed by atoms with Gasteiger partial charge in [-0.25, -0.2) is 9.18 Å². The molecular weight excluding hydrogens is 315 g/mol. The topological polar surface area (TPSA) is 55.1 Å². The van der Waals surface area contributed by atoms with Gasteiger partial charge in [0.15, 0.2) is 0 Å². The van der Waals surface area contributed by atoms with Gasteiger partial charge in [-0.05, 0) is 37.3 Å². The van der Waals surface area contributed by atoms with Crippen molar-refractivity contribution in [3.8, 4) is 0 Å². The number of nitrogens with zero attached hydrogens (tertiary/aromatic N) is 2. The Labute approximate surface area is 138 Å². The molecule has 23 heavy (non-hydrogen) atoms. The Bertz CT molecular complexity index is 761. The first-order valence-corrected chi connectivity index (χ1v) is 8.79. The zero-order valence-electron chi connectivity index (χ0n) is 12.8. The zero-order valence-corrected chi connectivity index (χ0v) is 13.6. The van der Waals surface area contributed by atoms with E-state index in [1.807, 2.05) is 0 Å². The van der Waals surface area contributed by atoms with Gasteiger partial charge < -0.3 is 5.11 Å². The summed E-state index contributed by atoms with van der Waals surface area (Å²) in [6.45, 7) is 0.210. The molecule has 1 aliphatic rings. The summed E-state index contributed by atoms with van der Waals surface area (Å²) in [5.74, 6) is 0.220. The van der Waals surface area contributed by atoms with Gasteiger partial charge >= 0.3 is 5.69 Å². The highest BCUT2D eigenvalue weighted by Crippen LogP contribution is 2.30. The molecule has 2 aromatic rings. The third kappa shape index (κ3) is 3.48. The third-order valence-electron chi connectivity index (χ3n) is 4.10. The molecule has 0 aliphatic heterocycles. The first kappa shape index (κ1) is 16.2. The minimum Gasteiger partial charge on any atom is -0.395 e. The molecule has 0 unspecified atom stereocenters. The largest absolute Gasteiger partial charge is 0.395 e. The molecule has 0 spiro atoms. The summed E-state index contributed by atoms with van der Waals surface area (Å²) >= 11 is 1.42. The molecular formula is C17H19FN2O2S. The highest BCUT2D eigenvalue weighted by molar-refractivity contribution is 7.98. The van der Waals surface area contributed by atoms with Gasteiger partial charge in [-0.2, -0.15) is 4.98 Å². The summed E-state index contributed by atoms with van der Waals surface area (Å²) in [6.07, 6.45) is 3.83. The monoisotopic (exact) mass is 334 g/mol. The molecule has 6 heteroatoms. The van der Waals surface area contributed by atoms with Crippen LogP contribution in [0.4, 0.5) is 4.39 Å². The van der Waals surface area contributed by atoms with Gasteiger partial charge in [0.1, 0.15) is 10.8 Å². The predicted molar refractivity (Wildman–Crippen MR) is 88.2 cm³/mol. The van der Waals surface area contributed by atoms with Gasteiger partial charge in [0, 0.05) is 17.0 Å². The minimum atomic E-state index is -0.323. The fraction of sp³-hybridized carbons (Fsp3) is 0.412. The van der Waals surface area contributed by atoms with Gasteiger partial charge in [0.05, 0.1) is 13.2 Å². The molecule has 0 saturated carbocycles. The average molecular weight is 334 g/mol. The standard InChI is InChI=1S/C17H19FN2O2S/c18-14-7-3-1-5-12(14)11-23-16-13-6-2-4-8-15(13)20(9-10-21)17(22)19-16/h1,3,5,7,21H,2,4,6,8-11H2. The van der Waals surface area contributed by atoms with Crippen LogP contribution in [0.15, 0.2) is 34.1 Å². The summed E-state index contributed by atoms with van der Waals surface area (Å²) < 4.78 is 15.3. The van der Waals surface area contributed by atoms with Crippen molar-refractivity contribution in [3.05, 3.63) is 57.4 Å². The molecule has 0 saturated heterocycles. The second kappa shape index (κ2) is 7.27. The van der Waals surface area contributed by atoms with Crippen molar-refractivity contribution in [1.82, 2.24) is 9.55 Å². The van der Waals surface area contributed by atoms with E-state index in [0.29, 0.717) is 16.3 Å². The number of hydrogen-bond donors (Lipinski definition) is 1. The molecule has 0 fully saturated rings. The smallest absolute Gasteiger partial charge is 0.348 e. The van der Waals surface area contributed by atoms with Crippen LogP contribution in [-0.4, -0.2) is 21.3 Å². The molecule has 1 aromatic carbocycles. The lowest BCUT2D eigenvalue weighted by Gasteiger charge is -2.22. The summed E-state index contributed by atoms with van der Waals surface area (Å²) in [5, 5.41) is 9.87. The molecule has 122 valence electrons. The molecule has 0 amide bonds. The van der Waals surface area contributed by atoms with Crippen LogP contribution in [0, 0.1) is 5.82 Å². The van der Waals surface area contributed by atoms with E-state index >= 15 is 0 Å². The Morgan fingerprint density at radius 3 is 2.83 bits per heavy atom. The number of aromatic nitrogens is 2. The highest BCUT2D eigenvalue weighted by atomic mass is 32.2. The SMILES string of the molecule is O=c1nc(SCc2ccccc2F)c2c(n1CCO)CCCC2. The van der Waals surface area contributed by atoms with Crippen LogP contribution in [0.5, 0.6) is 0 Å². The number of rotatable bonds is 5. The second-order valence-electron chi connectivity index (χ2n) is 5.59. The van der Waals surface area contributed by atoms with Crippen LogP contribution < -0.4 is 5.69 Å². The lowest BCUT2D eigenvalue weighted by atomic mass is 9.97. The van der Waals surface area contributed by atoms with E-state index in [1.165, 1.54) is 17.8 Å². The fourth-order valence-corrected chi connectivity index (χ4v) is 4.02. The average Bonchev–Trinajstić information content (AvgIpc) is 2.57. The molecule has 1 heterocycles. The molecule has 0 atom stereocenters. The predicted octanol–water partition coefficient (Wildman–Crippen LogP) is 2.55. The number of thioether (sulfide) groups is 1. The molecule has 1 N–H and O–H groups in total. The Morgan fingerprint density at radius 1 is 1.26 bits per heavy atom. The van der Waals surface area contributed by atoms with Gasteiger partial charge in [-0.3, -0.25) is 4.57 Å². The maximum absolute atomic E-state index is 13.7. The Kier molecular flexibility index (Phi) is 5.13. The Morgan fingerprint density at radius 2 is 2.04 bits per heavy atom. The van der Waals surface area contributed by atoms with Crippen molar-refractivity contribution in [3.63, 3.8) is 0 Å². The maximum Gasteiger partial charge on any atom is 0.348 e. The quantitative estimate of drug-likeness (QED) is 0.674. The zero-order chi connectivity index (χ0) is 16.2. The molecule has 1 aromatic heterocycles. The van der Waals surface area contributed by atoms with Crippen molar-refractivity contribution in [2.45, 2.75) is 43.0 Å². The van der Waals surface area contributed by atoms with Crippen molar-refractivity contribution in [1.29, 1.82) is 0 Å². The number of aliphatic hydroxyl groups is 1. The second-order valence-corrected chi connectivity index (χ2v) is 6.55. The van der Waals surface area contributed by atoms with Gasteiger partial charge in [-0.1, -0.05) is 18.2 Å². The lowest BCUT2D eigenvalue weighted by molar-refractivity contribution is 0.269. The van der Waals surface area contributed by atoms with Crippen molar-refractivity contribution < 1.29 is 9.50 Å². The van der Waals surface area contributed by atoms with Crippen LogP contribution in [0.25, 0.3) is 0 Å². The van der Waals surface area contributed by atoms with E-state index in [-0.39, 0.29) is 24.7 Å². The summed E-state index contributed by atoms with van der Waals surface area (Å²) in [7, 11) is 0. The van der Waals surface area contributed by atoms with Crippen LogP contribution in [0.2, 0.25) is 0 Å². The van der Waals surface area contributed by atoms with E-state index in [4.69, 9.17) is 5.11 Å². The first-order valence-electron chi connectivity index (χ1n) is 7.80. The molecule has 0 bridgehead atoms. The number of halogens is 1. The van der Waals surface area contributed by atoms with Gasteiger partial charge in [0.2, 0.25) is 0 Å². The van der Waals surface area contributed by atoms with Crippen molar-refractivity contribution >= 4 is 11.8 Å². The normalized spacial score (nSPS) is 13.8. The third-order valence-corrected chi connectivity index (χ3v) is 5.16. The van der Waals surface area contributed by atoms with Gasteiger partial charge in [-0.15, -0.1) is 11.8 Å². The Hall–Kier alpha value is -1.66. The molecule has 0 radical (unpaired) electrons.